The Hall–Kier alpha value is -1.03. The van der Waals surface area contributed by atoms with Crippen molar-refractivity contribution in [1.82, 2.24) is 5.32 Å². The molecular weight excluding hydrogens is 350 g/mol. The van der Waals surface area contributed by atoms with Crippen LogP contribution >= 0.6 is 27.5 Å². The van der Waals surface area contributed by atoms with Crippen molar-refractivity contribution in [2.24, 2.45) is 0 Å². The SMILES string of the molecule is CCCNC(c1ccccc1Br)c1cc(Cl)ccc1OC. The van der Waals surface area contributed by atoms with Gasteiger partial charge in [-0.3, -0.25) is 0 Å². The zero-order valence-electron chi connectivity index (χ0n) is 12.2. The number of hydrogen-bond acceptors (Lipinski definition) is 2. The monoisotopic (exact) mass is 367 g/mol. The molecule has 0 bridgehead atoms. The average molecular weight is 369 g/mol. The molecule has 0 heterocycles. The Bertz CT molecular complexity index is 603. The fraction of sp³-hybridized carbons (Fsp3) is 0.294. The lowest BCUT2D eigenvalue weighted by Crippen LogP contribution is -2.24. The Balaban J connectivity index is 2.50. The summed E-state index contributed by atoms with van der Waals surface area (Å²) in [4.78, 5) is 0. The summed E-state index contributed by atoms with van der Waals surface area (Å²) in [5, 5.41) is 4.29. The molecule has 21 heavy (non-hydrogen) atoms. The summed E-state index contributed by atoms with van der Waals surface area (Å²) in [6, 6.07) is 14.0. The Morgan fingerprint density at radius 2 is 1.95 bits per heavy atom. The summed E-state index contributed by atoms with van der Waals surface area (Å²) in [6.07, 6.45) is 1.06. The number of methoxy groups -OCH3 is 1. The van der Waals surface area contributed by atoms with E-state index in [2.05, 4.69) is 34.2 Å². The summed E-state index contributed by atoms with van der Waals surface area (Å²) in [6.45, 7) is 3.07. The van der Waals surface area contributed by atoms with E-state index in [0.29, 0.717) is 5.02 Å². The van der Waals surface area contributed by atoms with Gasteiger partial charge in [-0.15, -0.1) is 0 Å². The molecule has 0 aliphatic carbocycles. The van der Waals surface area contributed by atoms with E-state index in [-0.39, 0.29) is 6.04 Å². The molecule has 0 aliphatic rings. The van der Waals surface area contributed by atoms with Crippen LogP contribution in [0, 0.1) is 0 Å². The van der Waals surface area contributed by atoms with E-state index in [0.717, 1.165) is 28.8 Å². The third-order valence-corrected chi connectivity index (χ3v) is 4.27. The first-order valence-corrected chi connectivity index (χ1v) is 8.15. The maximum absolute atomic E-state index is 6.18. The molecule has 0 saturated carbocycles. The summed E-state index contributed by atoms with van der Waals surface area (Å²) >= 11 is 9.82. The molecule has 1 atom stereocenters. The van der Waals surface area contributed by atoms with Gasteiger partial charge >= 0.3 is 0 Å². The lowest BCUT2D eigenvalue weighted by molar-refractivity contribution is 0.403. The van der Waals surface area contributed by atoms with Crippen LogP contribution in [0.3, 0.4) is 0 Å². The average Bonchev–Trinajstić information content (AvgIpc) is 2.49. The maximum atomic E-state index is 6.18. The van der Waals surface area contributed by atoms with Crippen LogP contribution in [0.5, 0.6) is 5.75 Å². The quantitative estimate of drug-likeness (QED) is 0.756. The highest BCUT2D eigenvalue weighted by atomic mass is 79.9. The van der Waals surface area contributed by atoms with Crippen LogP contribution in [-0.2, 0) is 0 Å². The number of halogens is 2. The zero-order valence-corrected chi connectivity index (χ0v) is 14.5. The van der Waals surface area contributed by atoms with Crippen molar-refractivity contribution in [3.8, 4) is 5.75 Å². The van der Waals surface area contributed by atoms with Gasteiger partial charge in [-0.1, -0.05) is 52.7 Å². The van der Waals surface area contributed by atoms with Crippen LogP contribution in [-0.4, -0.2) is 13.7 Å². The molecule has 0 spiro atoms. The van der Waals surface area contributed by atoms with E-state index in [1.807, 2.05) is 36.4 Å². The highest BCUT2D eigenvalue weighted by Crippen LogP contribution is 2.35. The summed E-state index contributed by atoms with van der Waals surface area (Å²) in [7, 11) is 1.68. The molecular formula is C17H19BrClNO. The van der Waals surface area contributed by atoms with E-state index < -0.39 is 0 Å². The van der Waals surface area contributed by atoms with Gasteiger partial charge in [0.1, 0.15) is 5.75 Å². The van der Waals surface area contributed by atoms with Gasteiger partial charge in [0.25, 0.3) is 0 Å². The molecule has 2 nitrogen and oxygen atoms in total. The van der Waals surface area contributed by atoms with Crippen molar-refractivity contribution in [3.05, 3.63) is 63.1 Å². The van der Waals surface area contributed by atoms with Crippen molar-refractivity contribution in [2.75, 3.05) is 13.7 Å². The molecule has 4 heteroatoms. The molecule has 1 unspecified atom stereocenters. The highest BCUT2D eigenvalue weighted by molar-refractivity contribution is 9.10. The first kappa shape index (κ1) is 16.3. The molecule has 0 fully saturated rings. The zero-order chi connectivity index (χ0) is 15.2. The van der Waals surface area contributed by atoms with Crippen molar-refractivity contribution in [1.29, 1.82) is 0 Å². The van der Waals surface area contributed by atoms with E-state index >= 15 is 0 Å². The number of rotatable bonds is 6. The smallest absolute Gasteiger partial charge is 0.124 e. The molecule has 2 aromatic rings. The molecule has 0 radical (unpaired) electrons. The van der Waals surface area contributed by atoms with Crippen molar-refractivity contribution in [3.63, 3.8) is 0 Å². The van der Waals surface area contributed by atoms with Gasteiger partial charge in [-0.25, -0.2) is 0 Å². The molecule has 0 aromatic heterocycles. The van der Waals surface area contributed by atoms with E-state index in [9.17, 15) is 0 Å². The lowest BCUT2D eigenvalue weighted by atomic mass is 9.97. The fourth-order valence-electron chi connectivity index (χ4n) is 2.32. The minimum absolute atomic E-state index is 0.0363. The number of ether oxygens (including phenoxy) is 1. The molecule has 0 aliphatic heterocycles. The van der Waals surface area contributed by atoms with Crippen LogP contribution in [0.25, 0.3) is 0 Å². The van der Waals surface area contributed by atoms with Crippen LogP contribution < -0.4 is 10.1 Å². The second kappa shape index (κ2) is 7.83. The summed E-state index contributed by atoms with van der Waals surface area (Å²) < 4.78 is 6.58. The van der Waals surface area contributed by atoms with Crippen LogP contribution in [0.15, 0.2) is 46.9 Å². The van der Waals surface area contributed by atoms with Crippen LogP contribution in [0.2, 0.25) is 5.02 Å². The van der Waals surface area contributed by atoms with Gasteiger partial charge < -0.3 is 10.1 Å². The highest BCUT2D eigenvalue weighted by Gasteiger charge is 2.20. The summed E-state index contributed by atoms with van der Waals surface area (Å²) in [5.74, 6) is 0.837. The standard InChI is InChI=1S/C17H19BrClNO/c1-3-10-20-17(13-6-4-5-7-15(13)18)14-11-12(19)8-9-16(14)21-2/h4-9,11,17,20H,3,10H2,1-2H3. The molecule has 2 rings (SSSR count). The van der Waals surface area contributed by atoms with E-state index in [1.54, 1.807) is 7.11 Å². The molecule has 1 N–H and O–H groups in total. The molecule has 0 saturated heterocycles. The van der Waals surface area contributed by atoms with Crippen LogP contribution in [0.1, 0.15) is 30.5 Å². The van der Waals surface area contributed by atoms with Gasteiger partial charge in [0.05, 0.1) is 13.2 Å². The second-order valence-electron chi connectivity index (χ2n) is 4.79. The minimum atomic E-state index is 0.0363. The molecule has 112 valence electrons. The fourth-order valence-corrected chi connectivity index (χ4v) is 3.01. The number of nitrogens with one attached hydrogen (secondary N) is 1. The predicted octanol–water partition coefficient (Wildman–Crippen LogP) is 5.20. The topological polar surface area (TPSA) is 21.3 Å². The summed E-state index contributed by atoms with van der Waals surface area (Å²) in [5.41, 5.74) is 2.22. The van der Waals surface area contributed by atoms with Crippen molar-refractivity contribution in [2.45, 2.75) is 19.4 Å². The Labute approximate surface area is 139 Å². The Morgan fingerprint density at radius 1 is 1.19 bits per heavy atom. The Morgan fingerprint density at radius 3 is 2.62 bits per heavy atom. The number of hydrogen-bond donors (Lipinski definition) is 1. The molecule has 0 amide bonds. The Kier molecular flexibility index (Phi) is 6.09. The number of benzene rings is 2. The maximum Gasteiger partial charge on any atom is 0.124 e. The first-order chi connectivity index (χ1) is 10.2. The van der Waals surface area contributed by atoms with Crippen LogP contribution in [0.4, 0.5) is 0 Å². The molecule has 2 aromatic carbocycles. The van der Waals surface area contributed by atoms with E-state index in [4.69, 9.17) is 16.3 Å². The third kappa shape index (κ3) is 4.00. The van der Waals surface area contributed by atoms with Gasteiger partial charge in [0.15, 0.2) is 0 Å². The lowest BCUT2D eigenvalue weighted by Gasteiger charge is -2.23. The van der Waals surface area contributed by atoms with Gasteiger partial charge in [0.2, 0.25) is 0 Å². The minimum Gasteiger partial charge on any atom is -0.496 e. The van der Waals surface area contributed by atoms with Crippen molar-refractivity contribution < 1.29 is 4.74 Å². The normalized spacial score (nSPS) is 12.2. The largest absolute Gasteiger partial charge is 0.496 e. The van der Waals surface area contributed by atoms with Gasteiger partial charge in [-0.05, 0) is 42.8 Å². The first-order valence-electron chi connectivity index (χ1n) is 6.98. The predicted molar refractivity (Wildman–Crippen MR) is 92.3 cm³/mol. The van der Waals surface area contributed by atoms with Crippen molar-refractivity contribution >= 4 is 27.5 Å². The van der Waals surface area contributed by atoms with Gasteiger partial charge in [-0.2, -0.15) is 0 Å². The van der Waals surface area contributed by atoms with E-state index in [1.165, 1.54) is 5.56 Å². The second-order valence-corrected chi connectivity index (χ2v) is 6.09. The third-order valence-electron chi connectivity index (χ3n) is 3.32. The van der Waals surface area contributed by atoms with Gasteiger partial charge in [0, 0.05) is 15.1 Å².